The predicted octanol–water partition coefficient (Wildman–Crippen LogP) is 0.918. The molecule has 0 bridgehead atoms. The first-order valence-corrected chi connectivity index (χ1v) is 7.00. The van der Waals surface area contributed by atoms with Crippen molar-refractivity contribution in [3.05, 3.63) is 34.2 Å². The van der Waals surface area contributed by atoms with E-state index in [4.69, 9.17) is 0 Å². The van der Waals surface area contributed by atoms with Crippen LogP contribution in [0, 0.1) is 0 Å². The summed E-state index contributed by atoms with van der Waals surface area (Å²) in [6.07, 6.45) is 1.14. The average molecular weight is 276 g/mol. The van der Waals surface area contributed by atoms with Crippen molar-refractivity contribution in [1.82, 2.24) is 19.4 Å². The van der Waals surface area contributed by atoms with Gasteiger partial charge in [0.05, 0.1) is 11.0 Å². The van der Waals surface area contributed by atoms with Crippen molar-refractivity contribution in [3.63, 3.8) is 0 Å². The predicted molar refractivity (Wildman–Crippen MR) is 83.0 cm³/mol. The second-order valence-corrected chi connectivity index (χ2v) is 5.56. The zero-order valence-corrected chi connectivity index (χ0v) is 12.8. The normalized spacial score (nSPS) is 11.7. The van der Waals surface area contributed by atoms with Crippen LogP contribution in [0.2, 0.25) is 0 Å². The van der Waals surface area contributed by atoms with Gasteiger partial charge >= 0.3 is 5.69 Å². The molecule has 2 aromatic rings. The molecule has 110 valence electrons. The molecular weight excluding hydrogens is 252 g/mol. The Hall–Kier alpha value is -1.59. The molecule has 0 spiro atoms. The van der Waals surface area contributed by atoms with Crippen molar-refractivity contribution in [3.8, 4) is 0 Å². The molecule has 0 atom stereocenters. The number of imidazole rings is 1. The van der Waals surface area contributed by atoms with E-state index in [1.807, 2.05) is 20.2 Å². The van der Waals surface area contributed by atoms with E-state index in [0.29, 0.717) is 0 Å². The molecule has 0 radical (unpaired) electrons. The van der Waals surface area contributed by atoms with Crippen LogP contribution in [0.5, 0.6) is 0 Å². The van der Waals surface area contributed by atoms with Crippen molar-refractivity contribution >= 4 is 11.0 Å². The minimum atomic E-state index is 0.0242. The summed E-state index contributed by atoms with van der Waals surface area (Å²) in [4.78, 5) is 14.1. The first kappa shape index (κ1) is 14.8. The van der Waals surface area contributed by atoms with E-state index in [0.717, 1.165) is 37.1 Å². The van der Waals surface area contributed by atoms with E-state index in [-0.39, 0.29) is 5.69 Å². The van der Waals surface area contributed by atoms with Gasteiger partial charge in [-0.3, -0.25) is 9.13 Å². The minimum Gasteiger partial charge on any atom is -0.313 e. The Bertz CT molecular complexity index is 639. The lowest BCUT2D eigenvalue weighted by molar-refractivity contribution is 0.394. The molecule has 2 rings (SSSR count). The fourth-order valence-corrected chi connectivity index (χ4v) is 2.42. The number of aryl methyl sites for hydroxylation is 2. The Balaban J connectivity index is 2.02. The summed E-state index contributed by atoms with van der Waals surface area (Å²) in [5.74, 6) is 0. The molecule has 1 aromatic heterocycles. The molecule has 5 heteroatoms. The summed E-state index contributed by atoms with van der Waals surface area (Å²) >= 11 is 0. The number of benzene rings is 1. The highest BCUT2D eigenvalue weighted by atomic mass is 16.1. The molecule has 0 saturated heterocycles. The first-order chi connectivity index (χ1) is 9.50. The highest BCUT2D eigenvalue weighted by Gasteiger charge is 2.07. The van der Waals surface area contributed by atoms with Crippen LogP contribution in [-0.4, -0.2) is 41.2 Å². The lowest BCUT2D eigenvalue weighted by Crippen LogP contribution is -2.21. The van der Waals surface area contributed by atoms with E-state index >= 15 is 0 Å². The summed E-state index contributed by atoms with van der Waals surface area (Å²) < 4.78 is 3.38. The number of fused-ring (bicyclic) bond motifs is 1. The van der Waals surface area contributed by atoms with Gasteiger partial charge in [0.25, 0.3) is 0 Å². The van der Waals surface area contributed by atoms with Gasteiger partial charge in [-0.15, -0.1) is 0 Å². The van der Waals surface area contributed by atoms with Crippen LogP contribution in [0.3, 0.4) is 0 Å². The standard InChI is InChI=1S/C15H24N4O/c1-17(2)9-5-8-16-11-12-6-7-13-14(10-12)19(4)15(20)18(13)3/h6-7,10,16H,5,8-9,11H2,1-4H3. The number of hydrogen-bond acceptors (Lipinski definition) is 3. The highest BCUT2D eigenvalue weighted by Crippen LogP contribution is 2.13. The van der Waals surface area contributed by atoms with Gasteiger partial charge in [-0.05, 0) is 51.3 Å². The maximum Gasteiger partial charge on any atom is 0.328 e. The smallest absolute Gasteiger partial charge is 0.313 e. The van der Waals surface area contributed by atoms with Gasteiger partial charge in [0, 0.05) is 20.6 Å². The Morgan fingerprint density at radius 1 is 1.15 bits per heavy atom. The zero-order chi connectivity index (χ0) is 14.7. The first-order valence-electron chi connectivity index (χ1n) is 7.00. The molecule has 0 saturated carbocycles. The third-order valence-corrected chi connectivity index (χ3v) is 3.62. The maximum atomic E-state index is 11.9. The van der Waals surface area contributed by atoms with E-state index in [2.05, 4.69) is 36.4 Å². The maximum absolute atomic E-state index is 11.9. The monoisotopic (exact) mass is 276 g/mol. The zero-order valence-electron chi connectivity index (χ0n) is 12.8. The van der Waals surface area contributed by atoms with Gasteiger partial charge in [0.1, 0.15) is 0 Å². The molecule has 20 heavy (non-hydrogen) atoms. The van der Waals surface area contributed by atoms with E-state index < -0.39 is 0 Å². The fraction of sp³-hybridized carbons (Fsp3) is 0.533. The molecule has 0 aliphatic carbocycles. The average Bonchev–Trinajstić information content (AvgIpc) is 2.63. The van der Waals surface area contributed by atoms with Crippen molar-refractivity contribution in [2.75, 3.05) is 27.2 Å². The number of nitrogens with zero attached hydrogens (tertiary/aromatic N) is 3. The third kappa shape index (κ3) is 3.11. The topological polar surface area (TPSA) is 42.2 Å². The van der Waals surface area contributed by atoms with Crippen LogP contribution in [0.15, 0.2) is 23.0 Å². The van der Waals surface area contributed by atoms with Gasteiger partial charge in [0.15, 0.2) is 0 Å². The molecular formula is C15H24N4O. The molecule has 0 amide bonds. The number of rotatable bonds is 6. The number of aromatic nitrogens is 2. The van der Waals surface area contributed by atoms with Crippen LogP contribution < -0.4 is 11.0 Å². The van der Waals surface area contributed by atoms with Gasteiger partial charge < -0.3 is 10.2 Å². The molecule has 0 fully saturated rings. The van der Waals surface area contributed by atoms with Crippen LogP contribution in [0.25, 0.3) is 11.0 Å². The van der Waals surface area contributed by atoms with Gasteiger partial charge in [0.2, 0.25) is 0 Å². The highest BCUT2D eigenvalue weighted by molar-refractivity contribution is 5.76. The Morgan fingerprint density at radius 2 is 1.85 bits per heavy atom. The fourth-order valence-electron chi connectivity index (χ4n) is 2.42. The van der Waals surface area contributed by atoms with Crippen LogP contribution in [0.4, 0.5) is 0 Å². The summed E-state index contributed by atoms with van der Waals surface area (Å²) in [6, 6.07) is 6.20. The van der Waals surface area contributed by atoms with Gasteiger partial charge in [-0.2, -0.15) is 0 Å². The summed E-state index contributed by atoms with van der Waals surface area (Å²) in [5.41, 5.74) is 3.21. The Morgan fingerprint density at radius 3 is 2.55 bits per heavy atom. The quantitative estimate of drug-likeness (QED) is 0.798. The van der Waals surface area contributed by atoms with Crippen LogP contribution in [0.1, 0.15) is 12.0 Å². The second kappa shape index (κ2) is 6.24. The van der Waals surface area contributed by atoms with E-state index in [1.54, 1.807) is 9.13 Å². The van der Waals surface area contributed by atoms with Crippen molar-refractivity contribution in [2.45, 2.75) is 13.0 Å². The summed E-state index contributed by atoms with van der Waals surface area (Å²) in [7, 11) is 7.80. The lowest BCUT2D eigenvalue weighted by atomic mass is 10.2. The van der Waals surface area contributed by atoms with Crippen molar-refractivity contribution < 1.29 is 0 Å². The van der Waals surface area contributed by atoms with E-state index in [9.17, 15) is 4.79 Å². The van der Waals surface area contributed by atoms with Crippen molar-refractivity contribution in [2.24, 2.45) is 14.1 Å². The van der Waals surface area contributed by atoms with Gasteiger partial charge in [-0.1, -0.05) is 6.07 Å². The van der Waals surface area contributed by atoms with E-state index in [1.165, 1.54) is 5.56 Å². The third-order valence-electron chi connectivity index (χ3n) is 3.62. The second-order valence-electron chi connectivity index (χ2n) is 5.56. The largest absolute Gasteiger partial charge is 0.328 e. The number of nitrogens with one attached hydrogen (secondary N) is 1. The van der Waals surface area contributed by atoms with Crippen molar-refractivity contribution in [1.29, 1.82) is 0 Å². The molecule has 1 N–H and O–H groups in total. The van der Waals surface area contributed by atoms with Crippen LogP contribution in [-0.2, 0) is 20.6 Å². The lowest BCUT2D eigenvalue weighted by Gasteiger charge is -2.10. The SMILES string of the molecule is CN(C)CCCNCc1ccc2c(c1)n(C)c(=O)n2C. The molecule has 1 aromatic carbocycles. The summed E-state index contributed by atoms with van der Waals surface area (Å²) in [6.45, 7) is 2.94. The molecule has 0 aliphatic heterocycles. The van der Waals surface area contributed by atoms with Gasteiger partial charge in [-0.25, -0.2) is 4.79 Å². The Labute approximate surface area is 119 Å². The molecule has 1 heterocycles. The molecule has 5 nitrogen and oxygen atoms in total. The minimum absolute atomic E-state index is 0.0242. The number of hydrogen-bond donors (Lipinski definition) is 1. The van der Waals surface area contributed by atoms with Crippen LogP contribution >= 0.6 is 0 Å². The molecule has 0 aliphatic rings. The Kier molecular flexibility index (Phi) is 4.62. The molecule has 0 unspecified atom stereocenters. The summed E-state index contributed by atoms with van der Waals surface area (Å²) in [5, 5.41) is 3.44.